The quantitative estimate of drug-likeness (QED) is 0.374. The molecule has 0 amide bonds. The molecule has 1 atom stereocenters. The van der Waals surface area contributed by atoms with E-state index in [0.29, 0.717) is 0 Å². The third-order valence-corrected chi connectivity index (χ3v) is 10.00. The van der Waals surface area contributed by atoms with Crippen molar-refractivity contribution in [1.82, 2.24) is 0 Å². The maximum atomic E-state index is 14.9. The second-order valence-electron chi connectivity index (χ2n) is 6.81. The van der Waals surface area contributed by atoms with Gasteiger partial charge in [-0.05, 0) is 42.0 Å². The fourth-order valence-corrected chi connectivity index (χ4v) is 8.80. The van der Waals surface area contributed by atoms with Crippen LogP contribution in [-0.4, -0.2) is 6.67 Å². The smallest absolute Gasteiger partial charge is 0.137 e. The number of alkyl halides is 1. The molecule has 138 valence electrons. The summed E-state index contributed by atoms with van der Waals surface area (Å²) in [6, 6.07) is 41.6. The molecule has 0 nitrogen and oxygen atoms in total. The highest BCUT2D eigenvalue weighted by Crippen LogP contribution is 2.66. The van der Waals surface area contributed by atoms with Crippen LogP contribution in [-0.2, 0) is 0 Å². The lowest BCUT2D eigenvalue weighted by molar-refractivity contribution is 0.486. The first kappa shape index (κ1) is 18.6. The summed E-state index contributed by atoms with van der Waals surface area (Å²) in [7, 11) is -2.26. The monoisotopic (exact) mass is 385 g/mol. The molecule has 4 rings (SSSR count). The zero-order chi connectivity index (χ0) is 19.2. The van der Waals surface area contributed by atoms with Gasteiger partial charge >= 0.3 is 0 Å². The standard InChI is InChI=1S/C26H23FP/c27-21-26(22-13-5-1-6-14-22)28(23-15-7-2-8-16-23,24-17-9-3-10-18-24)25-19-11-4-12-20-25/h1-20,26H,21H2/q+1. The Bertz CT molecular complexity index is 889. The van der Waals surface area contributed by atoms with Crippen molar-refractivity contribution in [1.29, 1.82) is 0 Å². The average Bonchev–Trinajstić information content (AvgIpc) is 2.80. The molecule has 0 spiro atoms. The molecule has 0 bridgehead atoms. The minimum absolute atomic E-state index is 0.235. The van der Waals surface area contributed by atoms with Gasteiger partial charge in [0.25, 0.3) is 0 Å². The van der Waals surface area contributed by atoms with Crippen LogP contribution in [0.5, 0.6) is 0 Å². The molecule has 1 unspecified atom stereocenters. The van der Waals surface area contributed by atoms with Gasteiger partial charge in [0.2, 0.25) is 0 Å². The van der Waals surface area contributed by atoms with E-state index in [4.69, 9.17) is 0 Å². The van der Waals surface area contributed by atoms with E-state index >= 15 is 0 Å². The van der Waals surface area contributed by atoms with E-state index in [1.165, 1.54) is 15.9 Å². The van der Waals surface area contributed by atoms with Gasteiger partial charge in [0.1, 0.15) is 35.5 Å². The highest BCUT2D eigenvalue weighted by Gasteiger charge is 2.53. The maximum Gasteiger partial charge on any atom is 0.137 e. The van der Waals surface area contributed by atoms with Crippen LogP contribution in [0.4, 0.5) is 4.39 Å². The predicted octanol–water partition coefficient (Wildman–Crippen LogP) is 5.69. The summed E-state index contributed by atoms with van der Waals surface area (Å²) in [6.45, 7) is -0.406. The van der Waals surface area contributed by atoms with E-state index in [-0.39, 0.29) is 5.66 Å². The van der Waals surface area contributed by atoms with Crippen LogP contribution < -0.4 is 15.9 Å². The van der Waals surface area contributed by atoms with Crippen LogP contribution in [0.3, 0.4) is 0 Å². The normalized spacial score (nSPS) is 12.5. The molecule has 0 N–H and O–H groups in total. The third kappa shape index (κ3) is 3.28. The summed E-state index contributed by atoms with van der Waals surface area (Å²) in [4.78, 5) is 0. The molecular weight excluding hydrogens is 362 g/mol. The molecule has 0 radical (unpaired) electrons. The van der Waals surface area contributed by atoms with Gasteiger partial charge in [-0.1, -0.05) is 84.9 Å². The Balaban J connectivity index is 2.10. The van der Waals surface area contributed by atoms with Crippen LogP contribution in [0, 0.1) is 0 Å². The second kappa shape index (κ2) is 8.50. The van der Waals surface area contributed by atoms with Crippen LogP contribution in [0.1, 0.15) is 11.2 Å². The molecule has 0 aliphatic carbocycles. The summed E-state index contributed by atoms with van der Waals surface area (Å²) in [5, 5.41) is 3.62. The highest BCUT2D eigenvalue weighted by atomic mass is 31.2. The molecule has 4 aromatic rings. The van der Waals surface area contributed by atoms with Crippen molar-refractivity contribution >= 4 is 23.2 Å². The molecule has 0 saturated carbocycles. The Labute approximate surface area is 167 Å². The Morgan fingerprint density at radius 1 is 0.500 bits per heavy atom. The zero-order valence-corrected chi connectivity index (χ0v) is 16.6. The molecule has 0 fully saturated rings. The summed E-state index contributed by atoms with van der Waals surface area (Å²) < 4.78 is 14.9. The van der Waals surface area contributed by atoms with Gasteiger partial charge in [-0.15, -0.1) is 0 Å². The molecule has 0 aliphatic heterocycles. The summed E-state index contributed by atoms with van der Waals surface area (Å²) >= 11 is 0. The van der Waals surface area contributed by atoms with Gasteiger partial charge < -0.3 is 0 Å². The average molecular weight is 385 g/mol. The number of hydrogen-bond acceptors (Lipinski definition) is 0. The van der Waals surface area contributed by atoms with E-state index < -0.39 is 13.9 Å². The van der Waals surface area contributed by atoms with Gasteiger partial charge in [-0.2, -0.15) is 0 Å². The van der Waals surface area contributed by atoms with E-state index in [0.717, 1.165) is 5.56 Å². The second-order valence-corrected chi connectivity index (χ2v) is 10.4. The first-order chi connectivity index (χ1) is 13.9. The minimum atomic E-state index is -2.26. The highest BCUT2D eigenvalue weighted by molar-refractivity contribution is 7.96. The summed E-state index contributed by atoms with van der Waals surface area (Å²) in [5.74, 6) is 0. The number of hydrogen-bond donors (Lipinski definition) is 0. The lowest BCUT2D eigenvalue weighted by atomic mass is 10.2. The zero-order valence-electron chi connectivity index (χ0n) is 15.7. The predicted molar refractivity (Wildman–Crippen MR) is 120 cm³/mol. The maximum absolute atomic E-state index is 14.9. The summed E-state index contributed by atoms with van der Waals surface area (Å²) in [6.07, 6.45) is 0. The van der Waals surface area contributed by atoms with E-state index in [9.17, 15) is 4.39 Å². The van der Waals surface area contributed by atoms with Gasteiger partial charge in [0.15, 0.2) is 0 Å². The van der Waals surface area contributed by atoms with Crippen molar-refractivity contribution in [2.45, 2.75) is 5.66 Å². The lowest BCUT2D eigenvalue weighted by Gasteiger charge is -2.33. The number of halogens is 1. The largest absolute Gasteiger partial charge is 0.246 e. The van der Waals surface area contributed by atoms with Gasteiger partial charge in [-0.25, -0.2) is 4.39 Å². The molecule has 0 heterocycles. The minimum Gasteiger partial charge on any atom is -0.246 e. The van der Waals surface area contributed by atoms with E-state index in [1.54, 1.807) is 0 Å². The first-order valence-electron chi connectivity index (χ1n) is 9.54. The van der Waals surface area contributed by atoms with Crippen molar-refractivity contribution in [3.8, 4) is 0 Å². The molecule has 28 heavy (non-hydrogen) atoms. The number of rotatable bonds is 6. The fraction of sp³-hybridized carbons (Fsp3) is 0.0769. The van der Waals surface area contributed by atoms with Crippen LogP contribution in [0.2, 0.25) is 0 Å². The third-order valence-electron chi connectivity index (χ3n) is 5.29. The Kier molecular flexibility index (Phi) is 5.65. The van der Waals surface area contributed by atoms with Gasteiger partial charge in [-0.3, -0.25) is 0 Å². The van der Waals surface area contributed by atoms with Crippen LogP contribution >= 0.6 is 7.26 Å². The molecule has 0 saturated heterocycles. The van der Waals surface area contributed by atoms with Crippen molar-refractivity contribution in [3.63, 3.8) is 0 Å². The van der Waals surface area contributed by atoms with Crippen LogP contribution in [0.15, 0.2) is 121 Å². The molecule has 2 heteroatoms. The van der Waals surface area contributed by atoms with Crippen LogP contribution in [0.25, 0.3) is 0 Å². The molecule has 0 aliphatic rings. The van der Waals surface area contributed by atoms with Crippen molar-refractivity contribution in [2.75, 3.05) is 6.67 Å². The van der Waals surface area contributed by atoms with E-state index in [1.807, 2.05) is 36.4 Å². The topological polar surface area (TPSA) is 0 Å². The fourth-order valence-electron chi connectivity index (χ4n) is 4.07. The van der Waals surface area contributed by atoms with Gasteiger partial charge in [0.05, 0.1) is 0 Å². The lowest BCUT2D eigenvalue weighted by Crippen LogP contribution is -2.36. The number of benzene rings is 4. The molecule has 4 aromatic carbocycles. The van der Waals surface area contributed by atoms with Crippen molar-refractivity contribution in [2.24, 2.45) is 0 Å². The van der Waals surface area contributed by atoms with Crippen molar-refractivity contribution in [3.05, 3.63) is 127 Å². The Morgan fingerprint density at radius 2 is 0.821 bits per heavy atom. The molecule has 0 aromatic heterocycles. The van der Waals surface area contributed by atoms with Gasteiger partial charge in [0, 0.05) is 0 Å². The Morgan fingerprint density at radius 3 is 1.14 bits per heavy atom. The van der Waals surface area contributed by atoms with E-state index in [2.05, 4.69) is 84.9 Å². The summed E-state index contributed by atoms with van der Waals surface area (Å²) in [5.41, 5.74) is 0.816. The first-order valence-corrected chi connectivity index (χ1v) is 11.4. The van der Waals surface area contributed by atoms with Crippen molar-refractivity contribution < 1.29 is 4.39 Å². The Hall–Kier alpha value is -2.76. The SMILES string of the molecule is FCC(c1ccccc1)[P+](c1ccccc1)(c1ccccc1)c1ccccc1. The molecular formula is C26H23FP+.